The molecule has 0 atom stereocenters. The molecule has 0 aliphatic carbocycles. The van der Waals surface area contributed by atoms with E-state index in [1.165, 1.54) is 0 Å². The van der Waals surface area contributed by atoms with Crippen LogP contribution in [0.3, 0.4) is 0 Å². The van der Waals surface area contributed by atoms with Gasteiger partial charge in [0.05, 0.1) is 6.54 Å². The lowest BCUT2D eigenvalue weighted by atomic mass is 10.4. The Morgan fingerprint density at radius 1 is 1.46 bits per heavy atom. The molecule has 0 saturated heterocycles. The van der Waals surface area contributed by atoms with Crippen LogP contribution >= 0.6 is 11.6 Å². The monoisotopic (exact) mass is 204 g/mol. The maximum absolute atomic E-state index is 11.0. The first-order chi connectivity index (χ1) is 6.31. The molecule has 0 rings (SSSR count). The molecular formula is C9H17ClN2O. The van der Waals surface area contributed by atoms with E-state index in [9.17, 15) is 4.79 Å². The number of allylic oxidation sites excluding steroid dienone is 1. The second-order valence-electron chi connectivity index (χ2n) is 2.61. The molecule has 0 unspecified atom stereocenters. The standard InChI is InChI=1S/C9H17ClN2O/c1-2-6-12-9(13)8-11-7-4-3-5-10/h3-4,11H,2,5-8H2,1H3,(H,12,13)/b4-3+. The molecule has 0 radical (unpaired) electrons. The first-order valence-corrected chi connectivity index (χ1v) is 5.03. The number of hydrogen-bond acceptors (Lipinski definition) is 2. The second kappa shape index (κ2) is 9.55. The van der Waals surface area contributed by atoms with Crippen molar-refractivity contribution < 1.29 is 4.79 Å². The third-order valence-electron chi connectivity index (χ3n) is 1.38. The van der Waals surface area contributed by atoms with Gasteiger partial charge in [-0.15, -0.1) is 11.6 Å². The maximum atomic E-state index is 11.0. The van der Waals surface area contributed by atoms with Gasteiger partial charge in [-0.25, -0.2) is 0 Å². The molecule has 0 aliphatic rings. The van der Waals surface area contributed by atoms with E-state index < -0.39 is 0 Å². The fourth-order valence-electron chi connectivity index (χ4n) is 0.742. The van der Waals surface area contributed by atoms with Crippen LogP contribution in [0, 0.1) is 0 Å². The van der Waals surface area contributed by atoms with Crippen LogP contribution in [-0.4, -0.2) is 31.4 Å². The zero-order valence-corrected chi connectivity index (χ0v) is 8.73. The van der Waals surface area contributed by atoms with Gasteiger partial charge in [0.2, 0.25) is 5.91 Å². The summed E-state index contributed by atoms with van der Waals surface area (Å²) < 4.78 is 0. The number of nitrogens with one attached hydrogen (secondary N) is 2. The first-order valence-electron chi connectivity index (χ1n) is 4.49. The van der Waals surface area contributed by atoms with E-state index in [2.05, 4.69) is 10.6 Å². The molecule has 2 N–H and O–H groups in total. The van der Waals surface area contributed by atoms with E-state index in [1.807, 2.05) is 19.1 Å². The molecule has 0 aromatic heterocycles. The van der Waals surface area contributed by atoms with Gasteiger partial charge >= 0.3 is 0 Å². The summed E-state index contributed by atoms with van der Waals surface area (Å²) in [5.41, 5.74) is 0. The molecule has 0 saturated carbocycles. The molecule has 0 aromatic carbocycles. The largest absolute Gasteiger partial charge is 0.355 e. The summed E-state index contributed by atoms with van der Waals surface area (Å²) in [5.74, 6) is 0.560. The van der Waals surface area contributed by atoms with Crippen molar-refractivity contribution in [3.8, 4) is 0 Å². The SMILES string of the molecule is CCCNC(=O)CNC/C=C/CCl. The predicted molar refractivity (Wildman–Crippen MR) is 56.0 cm³/mol. The fourth-order valence-corrected chi connectivity index (χ4v) is 0.868. The number of rotatable bonds is 7. The van der Waals surface area contributed by atoms with Crippen molar-refractivity contribution in [3.63, 3.8) is 0 Å². The Labute approximate surface area is 84.5 Å². The molecule has 0 aromatic rings. The van der Waals surface area contributed by atoms with E-state index in [1.54, 1.807) is 0 Å². The van der Waals surface area contributed by atoms with E-state index in [4.69, 9.17) is 11.6 Å². The van der Waals surface area contributed by atoms with Gasteiger partial charge in [0.25, 0.3) is 0 Å². The van der Waals surface area contributed by atoms with Crippen LogP contribution in [0.1, 0.15) is 13.3 Å². The summed E-state index contributed by atoms with van der Waals surface area (Å²) in [4.78, 5) is 11.0. The first kappa shape index (κ1) is 12.5. The smallest absolute Gasteiger partial charge is 0.233 e. The molecule has 13 heavy (non-hydrogen) atoms. The fraction of sp³-hybridized carbons (Fsp3) is 0.667. The summed E-state index contributed by atoms with van der Waals surface area (Å²) in [7, 11) is 0. The summed E-state index contributed by atoms with van der Waals surface area (Å²) in [6.45, 7) is 3.83. The number of carbonyl (C=O) groups is 1. The molecule has 0 heterocycles. The van der Waals surface area contributed by atoms with Crippen LogP contribution < -0.4 is 10.6 Å². The lowest BCUT2D eigenvalue weighted by Gasteiger charge is -2.02. The van der Waals surface area contributed by atoms with Crippen molar-refractivity contribution in [2.75, 3.05) is 25.5 Å². The zero-order chi connectivity index (χ0) is 9.94. The van der Waals surface area contributed by atoms with Crippen LogP contribution in [-0.2, 0) is 4.79 Å². The molecular weight excluding hydrogens is 188 g/mol. The number of hydrogen-bond donors (Lipinski definition) is 2. The second-order valence-corrected chi connectivity index (χ2v) is 2.92. The van der Waals surface area contributed by atoms with Gasteiger partial charge in [0, 0.05) is 19.0 Å². The molecule has 0 fully saturated rings. The number of halogens is 1. The quantitative estimate of drug-likeness (QED) is 0.368. The molecule has 0 aliphatic heterocycles. The van der Waals surface area contributed by atoms with Crippen LogP contribution in [0.25, 0.3) is 0 Å². The number of amides is 1. The van der Waals surface area contributed by atoms with Gasteiger partial charge < -0.3 is 10.6 Å². The third kappa shape index (κ3) is 9.37. The summed E-state index contributed by atoms with van der Waals surface area (Å²) in [5, 5.41) is 5.74. The third-order valence-corrected chi connectivity index (χ3v) is 1.55. The topological polar surface area (TPSA) is 41.1 Å². The van der Waals surface area contributed by atoms with Crippen molar-refractivity contribution in [1.29, 1.82) is 0 Å². The van der Waals surface area contributed by atoms with Crippen molar-refractivity contribution >= 4 is 17.5 Å². The zero-order valence-electron chi connectivity index (χ0n) is 7.98. The normalized spacial score (nSPS) is 10.6. The minimum Gasteiger partial charge on any atom is -0.355 e. The molecule has 4 heteroatoms. The van der Waals surface area contributed by atoms with Crippen molar-refractivity contribution in [2.24, 2.45) is 0 Å². The Bertz CT molecular complexity index is 160. The Morgan fingerprint density at radius 3 is 2.85 bits per heavy atom. The van der Waals surface area contributed by atoms with Gasteiger partial charge in [0.15, 0.2) is 0 Å². The summed E-state index contributed by atoms with van der Waals surface area (Å²) in [6.07, 6.45) is 4.72. The number of alkyl halides is 1. The lowest BCUT2D eigenvalue weighted by molar-refractivity contribution is -0.120. The Hall–Kier alpha value is -0.540. The Kier molecular flexibility index (Phi) is 9.15. The average molecular weight is 205 g/mol. The van der Waals surface area contributed by atoms with Crippen LogP contribution in [0.5, 0.6) is 0 Å². The molecule has 0 bridgehead atoms. The van der Waals surface area contributed by atoms with E-state index in [0.29, 0.717) is 19.0 Å². The number of carbonyl (C=O) groups excluding carboxylic acids is 1. The Morgan fingerprint density at radius 2 is 2.23 bits per heavy atom. The van der Waals surface area contributed by atoms with Gasteiger partial charge in [-0.05, 0) is 6.42 Å². The van der Waals surface area contributed by atoms with E-state index in [0.717, 1.165) is 13.0 Å². The average Bonchev–Trinajstić information content (AvgIpc) is 2.14. The van der Waals surface area contributed by atoms with E-state index >= 15 is 0 Å². The summed E-state index contributed by atoms with van der Waals surface area (Å²) >= 11 is 5.42. The summed E-state index contributed by atoms with van der Waals surface area (Å²) in [6, 6.07) is 0. The van der Waals surface area contributed by atoms with E-state index in [-0.39, 0.29) is 5.91 Å². The Balaban J connectivity index is 3.21. The highest BCUT2D eigenvalue weighted by molar-refractivity contribution is 6.18. The van der Waals surface area contributed by atoms with Crippen molar-refractivity contribution in [1.82, 2.24) is 10.6 Å². The lowest BCUT2D eigenvalue weighted by Crippen LogP contribution is -2.34. The van der Waals surface area contributed by atoms with Crippen LogP contribution in [0.4, 0.5) is 0 Å². The minimum absolute atomic E-state index is 0.0427. The van der Waals surface area contributed by atoms with Crippen LogP contribution in [0.15, 0.2) is 12.2 Å². The molecule has 3 nitrogen and oxygen atoms in total. The van der Waals surface area contributed by atoms with Crippen molar-refractivity contribution in [2.45, 2.75) is 13.3 Å². The highest BCUT2D eigenvalue weighted by Gasteiger charge is 1.95. The molecule has 1 amide bonds. The van der Waals surface area contributed by atoms with Crippen molar-refractivity contribution in [3.05, 3.63) is 12.2 Å². The highest BCUT2D eigenvalue weighted by Crippen LogP contribution is 1.76. The predicted octanol–water partition coefficient (Wildman–Crippen LogP) is 0.897. The molecule has 76 valence electrons. The van der Waals surface area contributed by atoms with Gasteiger partial charge in [0.1, 0.15) is 0 Å². The molecule has 0 spiro atoms. The minimum atomic E-state index is 0.0427. The maximum Gasteiger partial charge on any atom is 0.233 e. The van der Waals surface area contributed by atoms with Crippen LogP contribution in [0.2, 0.25) is 0 Å². The highest BCUT2D eigenvalue weighted by atomic mass is 35.5. The van der Waals surface area contributed by atoms with Gasteiger partial charge in [-0.2, -0.15) is 0 Å². The van der Waals surface area contributed by atoms with Gasteiger partial charge in [-0.3, -0.25) is 4.79 Å². The van der Waals surface area contributed by atoms with Gasteiger partial charge in [-0.1, -0.05) is 19.1 Å².